The first-order valence-electron chi connectivity index (χ1n) is 9.57. The molecular weight excluding hydrogens is 386 g/mol. The first-order valence-corrected chi connectivity index (χ1v) is 9.57. The average Bonchev–Trinajstić information content (AvgIpc) is 3.37. The Morgan fingerprint density at radius 1 is 1.33 bits per heavy atom. The maximum atomic E-state index is 11.4. The van der Waals surface area contributed by atoms with Gasteiger partial charge in [0.1, 0.15) is 5.69 Å². The molecule has 11 nitrogen and oxygen atoms in total. The zero-order chi connectivity index (χ0) is 20.7. The number of anilines is 1. The summed E-state index contributed by atoms with van der Waals surface area (Å²) in [6.45, 7) is 1.97. The number of pyridine rings is 1. The molecule has 1 aliphatic rings. The fourth-order valence-corrected chi connectivity index (χ4v) is 3.04. The number of rotatable bonds is 5. The van der Waals surface area contributed by atoms with Gasteiger partial charge in [-0.05, 0) is 38.0 Å². The van der Waals surface area contributed by atoms with E-state index in [0.29, 0.717) is 22.4 Å². The van der Waals surface area contributed by atoms with Crippen LogP contribution in [0.15, 0.2) is 40.4 Å². The molecule has 152 valence electrons. The lowest BCUT2D eigenvalue weighted by atomic mass is 10.2. The molecule has 0 amide bonds. The van der Waals surface area contributed by atoms with Crippen LogP contribution in [0.3, 0.4) is 0 Å². The van der Waals surface area contributed by atoms with Gasteiger partial charge in [-0.1, -0.05) is 6.07 Å². The normalized spacial score (nSPS) is 16.3. The molecule has 0 aromatic carbocycles. The third-order valence-corrected chi connectivity index (χ3v) is 4.74. The second kappa shape index (κ2) is 7.10. The highest BCUT2D eigenvalue weighted by Crippen LogP contribution is 2.22. The van der Waals surface area contributed by atoms with Crippen LogP contribution in [0.25, 0.3) is 11.7 Å². The fraction of sp³-hybridized carbons (Fsp3) is 0.263. The van der Waals surface area contributed by atoms with Crippen molar-refractivity contribution in [2.24, 2.45) is 4.99 Å². The smallest absolute Gasteiger partial charge is 0.326 e. The van der Waals surface area contributed by atoms with E-state index in [1.54, 1.807) is 23.0 Å². The number of fused-ring (bicyclic) bond motifs is 1. The van der Waals surface area contributed by atoms with E-state index in [0.717, 1.165) is 18.5 Å². The Morgan fingerprint density at radius 2 is 2.20 bits per heavy atom. The summed E-state index contributed by atoms with van der Waals surface area (Å²) in [6, 6.07) is 5.83. The third-order valence-electron chi connectivity index (χ3n) is 4.74. The van der Waals surface area contributed by atoms with Gasteiger partial charge >= 0.3 is 5.69 Å². The van der Waals surface area contributed by atoms with Crippen molar-refractivity contribution in [3.8, 4) is 5.88 Å². The number of hydrogen-bond acceptors (Lipinski definition) is 8. The summed E-state index contributed by atoms with van der Waals surface area (Å²) in [5.74, 6) is 0.139. The Balaban J connectivity index is 1.63. The fourth-order valence-electron chi connectivity index (χ4n) is 3.04. The van der Waals surface area contributed by atoms with Crippen LogP contribution in [0.1, 0.15) is 37.2 Å². The van der Waals surface area contributed by atoms with Crippen LogP contribution in [-0.2, 0) is 0 Å². The number of hydrogen-bond donors (Lipinski definition) is 4. The molecule has 11 heteroatoms. The predicted molar refractivity (Wildman–Crippen MR) is 108 cm³/mol. The highest BCUT2D eigenvalue weighted by Gasteiger charge is 2.21. The molecule has 0 radical (unpaired) electrons. The minimum Gasteiger partial charge on any atom is -0.493 e. The molecule has 0 unspecified atom stereocenters. The van der Waals surface area contributed by atoms with Crippen LogP contribution < -0.4 is 21.8 Å². The molecule has 1 aliphatic carbocycles. The van der Waals surface area contributed by atoms with Crippen molar-refractivity contribution < 1.29 is 5.11 Å². The van der Waals surface area contributed by atoms with Crippen molar-refractivity contribution in [3.63, 3.8) is 0 Å². The number of nitrogens with one attached hydrogen (secondary N) is 3. The molecule has 1 saturated carbocycles. The number of nitrogens with zero attached hydrogens (tertiary/aromatic N) is 6. The van der Waals surface area contributed by atoms with E-state index < -0.39 is 5.69 Å². The van der Waals surface area contributed by atoms with Gasteiger partial charge in [0.25, 0.3) is 5.62 Å². The predicted octanol–water partition coefficient (Wildman–Crippen LogP) is 0.0252. The van der Waals surface area contributed by atoms with Crippen LogP contribution in [0.4, 0.5) is 5.95 Å². The maximum Gasteiger partial charge on any atom is 0.326 e. The van der Waals surface area contributed by atoms with E-state index in [-0.39, 0.29) is 23.7 Å². The zero-order valence-electron chi connectivity index (χ0n) is 16.1. The van der Waals surface area contributed by atoms with Crippen molar-refractivity contribution in [2.45, 2.75) is 31.8 Å². The molecule has 1 fully saturated rings. The number of aromatic nitrogens is 7. The summed E-state index contributed by atoms with van der Waals surface area (Å²) >= 11 is 0. The van der Waals surface area contributed by atoms with Gasteiger partial charge in [0.05, 0.1) is 24.0 Å². The third kappa shape index (κ3) is 3.52. The lowest BCUT2D eigenvalue weighted by molar-refractivity contribution is 0.454. The summed E-state index contributed by atoms with van der Waals surface area (Å²) < 4.78 is 1.56. The highest BCUT2D eigenvalue weighted by atomic mass is 16.3. The second-order valence-electron chi connectivity index (χ2n) is 7.15. The lowest BCUT2D eigenvalue weighted by Gasteiger charge is -2.13. The van der Waals surface area contributed by atoms with Crippen molar-refractivity contribution in [2.75, 3.05) is 5.32 Å². The van der Waals surface area contributed by atoms with E-state index in [1.807, 2.05) is 25.1 Å². The Morgan fingerprint density at radius 3 is 2.90 bits per heavy atom. The molecule has 4 heterocycles. The molecule has 4 N–H and O–H groups in total. The number of H-pyrrole nitrogens is 2. The van der Waals surface area contributed by atoms with Crippen LogP contribution in [0.2, 0.25) is 0 Å². The molecule has 0 spiro atoms. The zero-order valence-corrected chi connectivity index (χ0v) is 16.1. The molecular formula is C19H19N9O2. The molecule has 0 bridgehead atoms. The molecule has 5 rings (SSSR count). The molecule has 30 heavy (non-hydrogen) atoms. The Hall–Kier alpha value is -4.02. The SMILES string of the molecule is C[C@@H](Nc1nc(=NC2CC2)n2nc/c(=C\c3[nH]c(=O)[nH]c3O)c2n1)c1ccccn1. The standard InChI is InChI=1S/C19H19N9O2/c1-10(13-4-2-3-7-20-13)22-17-25-15-11(8-14-16(29)26-19(30)24-14)9-21-28(15)18(27-17)23-12-5-6-12/h2-4,7-10,12,29H,5-6H2,1H3,(H,22,23,27)(H2,24,26,30)/b11-8+/t10-/m1/s1. The van der Waals surface area contributed by atoms with Gasteiger partial charge in [-0.15, -0.1) is 0 Å². The van der Waals surface area contributed by atoms with Gasteiger partial charge in [0.2, 0.25) is 11.8 Å². The van der Waals surface area contributed by atoms with Gasteiger partial charge in [-0.25, -0.2) is 9.79 Å². The van der Waals surface area contributed by atoms with Crippen LogP contribution >= 0.6 is 0 Å². The Labute approximate surface area is 169 Å². The first-order chi connectivity index (χ1) is 14.6. The molecule has 0 saturated heterocycles. The summed E-state index contributed by atoms with van der Waals surface area (Å²) in [6.07, 6.45) is 6.97. The minimum atomic E-state index is -0.499. The van der Waals surface area contributed by atoms with E-state index in [4.69, 9.17) is 0 Å². The van der Waals surface area contributed by atoms with Crippen LogP contribution in [0.5, 0.6) is 5.88 Å². The van der Waals surface area contributed by atoms with E-state index >= 15 is 0 Å². The van der Waals surface area contributed by atoms with Crippen molar-refractivity contribution in [1.29, 1.82) is 0 Å². The second-order valence-corrected chi connectivity index (χ2v) is 7.15. The Kier molecular flexibility index (Phi) is 4.27. The maximum absolute atomic E-state index is 11.4. The number of aromatic hydroxyl groups is 1. The molecule has 1 atom stereocenters. The lowest BCUT2D eigenvalue weighted by Crippen LogP contribution is -2.25. The minimum absolute atomic E-state index is 0.122. The topological polar surface area (TPSA) is 149 Å². The molecule has 0 aliphatic heterocycles. The quantitative estimate of drug-likeness (QED) is 0.366. The molecule has 4 aromatic heterocycles. The van der Waals surface area contributed by atoms with Crippen molar-refractivity contribution in [1.82, 2.24) is 34.5 Å². The van der Waals surface area contributed by atoms with Gasteiger partial charge in [0.15, 0.2) is 5.65 Å². The Bertz CT molecular complexity index is 1380. The number of imidazole rings is 1. The van der Waals surface area contributed by atoms with E-state index in [2.05, 4.69) is 40.3 Å². The molecule has 4 aromatic rings. The van der Waals surface area contributed by atoms with Crippen LogP contribution in [0, 0.1) is 0 Å². The summed E-state index contributed by atoms with van der Waals surface area (Å²) in [4.78, 5) is 34.4. The number of aromatic amines is 2. The first kappa shape index (κ1) is 18.0. The highest BCUT2D eigenvalue weighted by molar-refractivity contribution is 5.57. The summed E-state index contributed by atoms with van der Waals surface area (Å²) in [5.41, 5.74) is 1.55. The summed E-state index contributed by atoms with van der Waals surface area (Å²) in [5, 5.41) is 18.1. The van der Waals surface area contributed by atoms with Gasteiger partial charge in [0, 0.05) is 11.4 Å². The van der Waals surface area contributed by atoms with Crippen LogP contribution in [-0.4, -0.2) is 45.7 Å². The van der Waals surface area contributed by atoms with Gasteiger partial charge in [-0.3, -0.25) is 9.97 Å². The van der Waals surface area contributed by atoms with Crippen molar-refractivity contribution in [3.05, 3.63) is 63.3 Å². The van der Waals surface area contributed by atoms with Gasteiger partial charge < -0.3 is 15.4 Å². The largest absolute Gasteiger partial charge is 0.493 e. The summed E-state index contributed by atoms with van der Waals surface area (Å²) in [7, 11) is 0. The monoisotopic (exact) mass is 405 g/mol. The van der Waals surface area contributed by atoms with E-state index in [9.17, 15) is 9.90 Å². The van der Waals surface area contributed by atoms with Crippen molar-refractivity contribution >= 4 is 17.7 Å². The van der Waals surface area contributed by atoms with E-state index in [1.165, 1.54) is 0 Å². The van der Waals surface area contributed by atoms with Gasteiger partial charge in [-0.2, -0.15) is 19.6 Å². The average molecular weight is 405 g/mol.